The standard InChI is InChI=1S/C22H20N2O7/c1-10(22(28)31-9-17(25)11-2-4-12(5-3-11)24(29)30)23-20(26)18-13-6-7-14(16-8-15(13)16)19(18)21(23)27/h2-7,10,13-16,18-19H,8-9H2,1H3/t10-,13+,14+,15-,16+,18-,19+/m1/s1. The zero-order valence-corrected chi connectivity index (χ0v) is 16.7. The second kappa shape index (κ2) is 6.83. The first kappa shape index (κ1) is 19.6. The molecule has 9 nitrogen and oxygen atoms in total. The molecule has 1 aromatic rings. The van der Waals surface area contributed by atoms with Crippen molar-refractivity contribution < 1.29 is 28.8 Å². The fourth-order valence-electron chi connectivity index (χ4n) is 5.58. The van der Waals surface area contributed by atoms with Crippen molar-refractivity contribution in [1.82, 2.24) is 4.90 Å². The van der Waals surface area contributed by atoms with E-state index in [-0.39, 0.29) is 34.9 Å². The lowest BCUT2D eigenvalue weighted by Crippen LogP contribution is -2.45. The van der Waals surface area contributed by atoms with Gasteiger partial charge in [-0.05, 0) is 49.1 Å². The van der Waals surface area contributed by atoms with Gasteiger partial charge in [0.2, 0.25) is 11.8 Å². The van der Waals surface area contributed by atoms with E-state index < -0.39 is 41.2 Å². The van der Waals surface area contributed by atoms with E-state index in [0.717, 1.165) is 11.3 Å². The van der Waals surface area contributed by atoms with Gasteiger partial charge in [-0.25, -0.2) is 4.79 Å². The number of hydrogen-bond acceptors (Lipinski definition) is 7. The molecule has 7 atom stereocenters. The minimum Gasteiger partial charge on any atom is -0.456 e. The van der Waals surface area contributed by atoms with Crippen LogP contribution in [0.15, 0.2) is 36.4 Å². The van der Waals surface area contributed by atoms with Crippen molar-refractivity contribution in [3.8, 4) is 0 Å². The molecule has 9 heteroatoms. The van der Waals surface area contributed by atoms with Crippen LogP contribution in [0.2, 0.25) is 0 Å². The number of likely N-dealkylation sites (tertiary alicyclic amines) is 1. The molecule has 1 aromatic carbocycles. The smallest absolute Gasteiger partial charge is 0.329 e. The van der Waals surface area contributed by atoms with Crippen LogP contribution in [-0.4, -0.2) is 46.0 Å². The van der Waals surface area contributed by atoms with E-state index in [4.69, 9.17) is 4.74 Å². The highest BCUT2D eigenvalue weighted by Crippen LogP contribution is 2.65. The third-order valence-corrected chi connectivity index (χ3v) is 7.17. The maximum atomic E-state index is 13.0. The lowest BCUT2D eigenvalue weighted by atomic mass is 9.63. The van der Waals surface area contributed by atoms with E-state index in [1.165, 1.54) is 31.2 Å². The molecule has 1 saturated heterocycles. The normalized spacial score (nSPS) is 33.0. The van der Waals surface area contributed by atoms with Crippen molar-refractivity contribution in [2.24, 2.45) is 35.5 Å². The van der Waals surface area contributed by atoms with Crippen LogP contribution in [-0.2, 0) is 19.1 Å². The molecule has 160 valence electrons. The fraction of sp³-hybridized carbons (Fsp3) is 0.455. The highest BCUT2D eigenvalue weighted by Gasteiger charge is 2.67. The average molecular weight is 424 g/mol. The van der Waals surface area contributed by atoms with Gasteiger partial charge in [-0.2, -0.15) is 0 Å². The number of ether oxygens (including phenoxy) is 1. The van der Waals surface area contributed by atoms with E-state index in [9.17, 15) is 29.3 Å². The number of imide groups is 1. The first-order valence-corrected chi connectivity index (χ1v) is 10.3. The van der Waals surface area contributed by atoms with Crippen LogP contribution in [0.3, 0.4) is 0 Å². The zero-order chi connectivity index (χ0) is 22.0. The van der Waals surface area contributed by atoms with Crippen molar-refractivity contribution in [1.29, 1.82) is 0 Å². The Balaban J connectivity index is 1.23. The van der Waals surface area contributed by atoms with Gasteiger partial charge < -0.3 is 4.74 Å². The topological polar surface area (TPSA) is 124 Å². The molecular weight excluding hydrogens is 404 g/mol. The average Bonchev–Trinajstić information content (AvgIpc) is 3.55. The maximum Gasteiger partial charge on any atom is 0.329 e. The first-order valence-electron chi connectivity index (χ1n) is 10.3. The third kappa shape index (κ3) is 2.90. The van der Waals surface area contributed by atoms with Gasteiger partial charge >= 0.3 is 5.97 Å². The van der Waals surface area contributed by atoms with Crippen LogP contribution in [0.25, 0.3) is 0 Å². The van der Waals surface area contributed by atoms with Crippen LogP contribution in [0, 0.1) is 45.6 Å². The summed E-state index contributed by atoms with van der Waals surface area (Å²) >= 11 is 0. The van der Waals surface area contributed by atoms with E-state index in [0.29, 0.717) is 11.8 Å². The van der Waals surface area contributed by atoms with Crippen molar-refractivity contribution in [3.05, 3.63) is 52.1 Å². The van der Waals surface area contributed by atoms with E-state index in [1.54, 1.807) is 0 Å². The third-order valence-electron chi connectivity index (χ3n) is 7.17. The zero-order valence-electron chi connectivity index (χ0n) is 16.7. The Kier molecular flexibility index (Phi) is 4.32. The Morgan fingerprint density at radius 2 is 1.65 bits per heavy atom. The number of Topliss-reactive ketones (excluding diaryl/α,β-unsaturated/α-hetero) is 1. The number of carbonyl (C=O) groups excluding carboxylic acids is 4. The lowest BCUT2D eigenvalue weighted by molar-refractivity contribution is -0.384. The quantitative estimate of drug-likeness (QED) is 0.170. The number of nitro benzene ring substituents is 1. The van der Waals surface area contributed by atoms with Gasteiger partial charge in [0.25, 0.3) is 5.69 Å². The molecule has 1 heterocycles. The minimum absolute atomic E-state index is 0.0633. The molecule has 1 aliphatic heterocycles. The monoisotopic (exact) mass is 424 g/mol. The minimum atomic E-state index is -1.12. The number of esters is 1. The summed E-state index contributed by atoms with van der Waals surface area (Å²) in [6, 6.07) is 3.82. The number of nitrogens with zero attached hydrogens (tertiary/aromatic N) is 2. The molecule has 3 fully saturated rings. The number of ketones is 1. The Labute approximate surface area is 177 Å². The molecule has 0 unspecified atom stereocenters. The van der Waals surface area contributed by atoms with Gasteiger partial charge in [-0.1, -0.05) is 12.2 Å². The molecule has 6 rings (SSSR count). The summed E-state index contributed by atoms with van der Waals surface area (Å²) < 4.78 is 5.08. The maximum absolute atomic E-state index is 13.0. The molecular formula is C22H20N2O7. The summed E-state index contributed by atoms with van der Waals surface area (Å²) in [5.41, 5.74) is 0.00283. The molecule has 4 aliphatic carbocycles. The van der Waals surface area contributed by atoms with Gasteiger partial charge in [0.05, 0.1) is 16.8 Å². The Bertz CT molecular complexity index is 1010. The summed E-state index contributed by atoms with van der Waals surface area (Å²) in [5.74, 6) is -1.76. The van der Waals surface area contributed by atoms with Crippen LogP contribution in [0.5, 0.6) is 0 Å². The van der Waals surface area contributed by atoms with Gasteiger partial charge in [-0.3, -0.25) is 29.4 Å². The number of hydrogen-bond donors (Lipinski definition) is 0. The predicted molar refractivity (Wildman–Crippen MR) is 104 cm³/mol. The number of rotatable bonds is 6. The van der Waals surface area contributed by atoms with Crippen molar-refractivity contribution in [3.63, 3.8) is 0 Å². The second-order valence-corrected chi connectivity index (χ2v) is 8.71. The van der Waals surface area contributed by atoms with Gasteiger partial charge in [0.1, 0.15) is 6.04 Å². The van der Waals surface area contributed by atoms with Gasteiger partial charge in [0, 0.05) is 17.7 Å². The lowest BCUT2D eigenvalue weighted by Gasteiger charge is -2.37. The number of benzene rings is 1. The number of allylic oxidation sites excluding steroid dienone is 2. The summed E-state index contributed by atoms with van der Waals surface area (Å²) in [6.45, 7) is 0.850. The molecule has 0 spiro atoms. The van der Waals surface area contributed by atoms with Crippen molar-refractivity contribution in [2.45, 2.75) is 19.4 Å². The molecule has 2 amide bonds. The SMILES string of the molecule is C[C@H](C(=O)OCC(=O)c1ccc([N+](=O)[O-])cc1)N1C(=O)[C@@H]2[C@H]3C=C[C@@H]([C@@H]4C[C@H]34)[C@@H]2C1=O. The molecule has 5 aliphatic rings. The summed E-state index contributed by atoms with van der Waals surface area (Å²) in [5, 5.41) is 10.7. The largest absolute Gasteiger partial charge is 0.456 e. The molecule has 0 N–H and O–H groups in total. The number of carbonyl (C=O) groups is 4. The Morgan fingerprint density at radius 1 is 1.10 bits per heavy atom. The van der Waals surface area contributed by atoms with Gasteiger partial charge in [-0.15, -0.1) is 0 Å². The molecule has 2 saturated carbocycles. The Hall–Kier alpha value is -3.36. The van der Waals surface area contributed by atoms with Crippen LogP contribution < -0.4 is 0 Å². The van der Waals surface area contributed by atoms with E-state index in [2.05, 4.69) is 12.2 Å². The Morgan fingerprint density at radius 3 is 2.16 bits per heavy atom. The van der Waals surface area contributed by atoms with Gasteiger partial charge in [0.15, 0.2) is 12.4 Å². The van der Waals surface area contributed by atoms with Crippen LogP contribution >= 0.6 is 0 Å². The second-order valence-electron chi connectivity index (χ2n) is 8.71. The molecule has 0 aromatic heterocycles. The number of amides is 2. The summed E-state index contributed by atoms with van der Waals surface area (Å²) in [6.07, 6.45) is 5.17. The predicted octanol–water partition coefficient (Wildman–Crippen LogP) is 1.76. The number of non-ortho nitro benzene ring substituents is 1. The van der Waals surface area contributed by atoms with Crippen molar-refractivity contribution in [2.75, 3.05) is 6.61 Å². The van der Waals surface area contributed by atoms with E-state index >= 15 is 0 Å². The highest BCUT2D eigenvalue weighted by molar-refractivity contribution is 6.09. The van der Waals surface area contributed by atoms with Crippen LogP contribution in [0.1, 0.15) is 23.7 Å². The molecule has 0 radical (unpaired) electrons. The highest BCUT2D eigenvalue weighted by atomic mass is 16.6. The van der Waals surface area contributed by atoms with E-state index in [1.807, 2.05) is 0 Å². The number of nitro groups is 1. The summed E-state index contributed by atoms with van der Waals surface area (Å²) in [4.78, 5) is 62.0. The summed E-state index contributed by atoms with van der Waals surface area (Å²) in [7, 11) is 0. The van der Waals surface area contributed by atoms with Crippen LogP contribution in [0.4, 0.5) is 5.69 Å². The fourth-order valence-corrected chi connectivity index (χ4v) is 5.58. The molecule has 2 bridgehead atoms. The van der Waals surface area contributed by atoms with Crippen molar-refractivity contribution >= 4 is 29.3 Å². The molecule has 31 heavy (non-hydrogen) atoms. The first-order chi connectivity index (χ1) is 14.8.